The molecule has 2 heterocycles. The number of fused-ring (bicyclic) bond motifs is 3. The molecule has 1 fully saturated rings. The second-order valence-electron chi connectivity index (χ2n) is 7.17. The van der Waals surface area contributed by atoms with E-state index in [0.29, 0.717) is 0 Å². The van der Waals surface area contributed by atoms with Gasteiger partial charge in [-0.25, -0.2) is 0 Å². The molecule has 0 radical (unpaired) electrons. The summed E-state index contributed by atoms with van der Waals surface area (Å²) >= 11 is 0. The van der Waals surface area contributed by atoms with Crippen LogP contribution in [-0.2, 0) is 9.31 Å². The monoisotopic (exact) mass is 305 g/mol. The molecular formula is C19H20BNO2. The van der Waals surface area contributed by atoms with Gasteiger partial charge in [0, 0.05) is 11.6 Å². The highest BCUT2D eigenvalue weighted by Crippen LogP contribution is 2.37. The third-order valence-electron chi connectivity index (χ3n) is 5.17. The Labute approximate surface area is 136 Å². The van der Waals surface area contributed by atoms with Crippen molar-refractivity contribution in [3.63, 3.8) is 0 Å². The molecule has 0 spiro atoms. The van der Waals surface area contributed by atoms with Gasteiger partial charge >= 0.3 is 7.12 Å². The summed E-state index contributed by atoms with van der Waals surface area (Å²) in [6.07, 6.45) is 1.82. The second kappa shape index (κ2) is 4.79. The maximum absolute atomic E-state index is 6.26. The molecular weight excluding hydrogens is 285 g/mol. The van der Waals surface area contributed by atoms with Gasteiger partial charge in [-0.05, 0) is 56.1 Å². The Morgan fingerprint density at radius 2 is 1.43 bits per heavy atom. The van der Waals surface area contributed by atoms with Crippen molar-refractivity contribution >= 4 is 34.3 Å². The van der Waals surface area contributed by atoms with Crippen LogP contribution in [0.3, 0.4) is 0 Å². The zero-order valence-corrected chi connectivity index (χ0v) is 14.0. The molecule has 4 rings (SSSR count). The Balaban J connectivity index is 1.97. The van der Waals surface area contributed by atoms with Gasteiger partial charge in [-0.1, -0.05) is 30.3 Å². The molecule has 1 saturated heterocycles. The fraction of sp³-hybridized carbons (Fsp3) is 0.316. The minimum atomic E-state index is -0.378. The second-order valence-corrected chi connectivity index (χ2v) is 7.17. The summed E-state index contributed by atoms with van der Waals surface area (Å²) < 4.78 is 12.5. The van der Waals surface area contributed by atoms with Gasteiger partial charge in [-0.2, -0.15) is 0 Å². The Morgan fingerprint density at radius 1 is 0.826 bits per heavy atom. The van der Waals surface area contributed by atoms with E-state index in [2.05, 4.69) is 69.1 Å². The maximum Gasteiger partial charge on any atom is 0.495 e. The van der Waals surface area contributed by atoms with E-state index in [-0.39, 0.29) is 18.3 Å². The lowest BCUT2D eigenvalue weighted by molar-refractivity contribution is 0.00578. The number of pyridine rings is 1. The van der Waals surface area contributed by atoms with Gasteiger partial charge in [-0.15, -0.1) is 0 Å². The molecule has 0 saturated carbocycles. The number of nitrogens with zero attached hydrogens (tertiary/aromatic N) is 1. The zero-order valence-electron chi connectivity index (χ0n) is 14.0. The maximum atomic E-state index is 6.26. The van der Waals surface area contributed by atoms with Crippen LogP contribution >= 0.6 is 0 Å². The van der Waals surface area contributed by atoms with E-state index < -0.39 is 0 Å². The van der Waals surface area contributed by atoms with Crippen molar-refractivity contribution in [1.82, 2.24) is 4.98 Å². The molecule has 1 aliphatic rings. The fourth-order valence-electron chi connectivity index (χ4n) is 3.12. The van der Waals surface area contributed by atoms with Gasteiger partial charge in [-0.3, -0.25) is 4.98 Å². The standard InChI is InChI=1S/C19H20BNO2/c1-18(2)19(3,4)23-20(22-18)16-12-17-15(10-7-11-21-17)13-8-5-6-9-14(13)16/h5-12H,1-4H3. The quantitative estimate of drug-likeness (QED) is 0.507. The zero-order chi connectivity index (χ0) is 16.2. The van der Waals surface area contributed by atoms with Crippen LogP contribution in [0.2, 0.25) is 0 Å². The largest absolute Gasteiger partial charge is 0.495 e. The van der Waals surface area contributed by atoms with E-state index in [1.807, 2.05) is 12.3 Å². The summed E-state index contributed by atoms with van der Waals surface area (Å²) in [5, 5.41) is 3.50. The van der Waals surface area contributed by atoms with E-state index in [1.165, 1.54) is 5.39 Å². The predicted octanol–water partition coefficient (Wildman–Crippen LogP) is 3.69. The molecule has 0 aliphatic carbocycles. The van der Waals surface area contributed by atoms with Crippen molar-refractivity contribution in [3.8, 4) is 0 Å². The van der Waals surface area contributed by atoms with Crippen molar-refractivity contribution < 1.29 is 9.31 Å². The summed E-state index contributed by atoms with van der Waals surface area (Å²) in [6, 6.07) is 14.6. The highest BCUT2D eigenvalue weighted by molar-refractivity contribution is 6.65. The summed E-state index contributed by atoms with van der Waals surface area (Å²) in [5.74, 6) is 0. The molecule has 0 unspecified atom stereocenters. The lowest BCUT2D eigenvalue weighted by Crippen LogP contribution is -2.41. The summed E-state index contributed by atoms with van der Waals surface area (Å²) in [6.45, 7) is 8.31. The summed E-state index contributed by atoms with van der Waals surface area (Å²) in [4.78, 5) is 4.52. The van der Waals surface area contributed by atoms with E-state index in [4.69, 9.17) is 9.31 Å². The highest BCUT2D eigenvalue weighted by Gasteiger charge is 2.52. The van der Waals surface area contributed by atoms with Gasteiger partial charge in [0.1, 0.15) is 0 Å². The van der Waals surface area contributed by atoms with E-state index in [9.17, 15) is 0 Å². The van der Waals surface area contributed by atoms with Gasteiger partial charge < -0.3 is 9.31 Å². The number of rotatable bonds is 1. The molecule has 3 nitrogen and oxygen atoms in total. The van der Waals surface area contributed by atoms with E-state index in [1.54, 1.807) is 0 Å². The first kappa shape index (κ1) is 14.7. The third kappa shape index (κ3) is 2.17. The summed E-state index contributed by atoms with van der Waals surface area (Å²) in [7, 11) is -0.378. The molecule has 0 N–H and O–H groups in total. The van der Waals surface area contributed by atoms with Crippen molar-refractivity contribution in [2.45, 2.75) is 38.9 Å². The third-order valence-corrected chi connectivity index (χ3v) is 5.17. The van der Waals surface area contributed by atoms with Gasteiger partial charge in [0.15, 0.2) is 0 Å². The van der Waals surface area contributed by atoms with E-state index in [0.717, 1.165) is 21.8 Å². The van der Waals surface area contributed by atoms with Crippen LogP contribution in [0.25, 0.3) is 21.7 Å². The van der Waals surface area contributed by atoms with Crippen LogP contribution in [-0.4, -0.2) is 23.3 Å². The Morgan fingerprint density at radius 3 is 2.13 bits per heavy atom. The molecule has 4 heteroatoms. The predicted molar refractivity (Wildman–Crippen MR) is 95.0 cm³/mol. The van der Waals surface area contributed by atoms with Gasteiger partial charge in [0.05, 0.1) is 16.7 Å². The van der Waals surface area contributed by atoms with Crippen LogP contribution in [0.5, 0.6) is 0 Å². The molecule has 3 aromatic rings. The van der Waals surface area contributed by atoms with Crippen LogP contribution in [0, 0.1) is 0 Å². The number of hydrogen-bond donors (Lipinski definition) is 0. The van der Waals surface area contributed by atoms with Crippen molar-refractivity contribution in [2.24, 2.45) is 0 Å². The van der Waals surface area contributed by atoms with Crippen molar-refractivity contribution in [3.05, 3.63) is 48.7 Å². The Hall–Kier alpha value is -1.91. The molecule has 2 aromatic carbocycles. The lowest BCUT2D eigenvalue weighted by atomic mass is 9.75. The Kier molecular flexibility index (Phi) is 3.06. The van der Waals surface area contributed by atoms with Crippen LogP contribution in [0.1, 0.15) is 27.7 Å². The van der Waals surface area contributed by atoms with E-state index >= 15 is 0 Å². The molecule has 0 bridgehead atoms. The number of aromatic nitrogens is 1. The average Bonchev–Trinajstić information content (AvgIpc) is 2.74. The number of hydrogen-bond acceptors (Lipinski definition) is 3. The molecule has 0 amide bonds. The van der Waals surface area contributed by atoms with Crippen molar-refractivity contribution in [2.75, 3.05) is 0 Å². The lowest BCUT2D eigenvalue weighted by Gasteiger charge is -2.32. The molecule has 0 atom stereocenters. The molecule has 23 heavy (non-hydrogen) atoms. The summed E-state index contributed by atoms with van der Waals surface area (Å²) in [5.41, 5.74) is 1.32. The molecule has 1 aromatic heterocycles. The van der Waals surface area contributed by atoms with Crippen LogP contribution < -0.4 is 5.46 Å². The average molecular weight is 305 g/mol. The molecule has 1 aliphatic heterocycles. The minimum absolute atomic E-state index is 0.349. The topological polar surface area (TPSA) is 31.4 Å². The first-order valence-corrected chi connectivity index (χ1v) is 8.01. The first-order valence-electron chi connectivity index (χ1n) is 8.01. The number of benzene rings is 2. The fourth-order valence-corrected chi connectivity index (χ4v) is 3.12. The normalized spacial score (nSPS) is 19.6. The first-order chi connectivity index (χ1) is 10.9. The Bertz CT molecular complexity index is 888. The van der Waals surface area contributed by atoms with Crippen LogP contribution in [0.15, 0.2) is 48.7 Å². The smallest absolute Gasteiger partial charge is 0.399 e. The van der Waals surface area contributed by atoms with Crippen LogP contribution in [0.4, 0.5) is 0 Å². The minimum Gasteiger partial charge on any atom is -0.399 e. The highest BCUT2D eigenvalue weighted by atomic mass is 16.7. The molecule has 116 valence electrons. The van der Waals surface area contributed by atoms with Gasteiger partial charge in [0.25, 0.3) is 0 Å². The van der Waals surface area contributed by atoms with Gasteiger partial charge in [0.2, 0.25) is 0 Å². The van der Waals surface area contributed by atoms with Crippen molar-refractivity contribution in [1.29, 1.82) is 0 Å². The SMILES string of the molecule is CC1(C)OB(c2cc3ncccc3c3ccccc23)OC1(C)C.